The van der Waals surface area contributed by atoms with Gasteiger partial charge in [0.05, 0.1) is 11.2 Å². The van der Waals surface area contributed by atoms with E-state index >= 15 is 0 Å². The molecule has 2 saturated heterocycles. The number of rotatable bonds is 4. The zero-order valence-corrected chi connectivity index (χ0v) is 17.7. The van der Waals surface area contributed by atoms with E-state index in [1.165, 1.54) is 0 Å². The average Bonchev–Trinajstić information content (AvgIpc) is 2.70. The molecule has 0 saturated carbocycles. The molecule has 6 heteroatoms. The van der Waals surface area contributed by atoms with Gasteiger partial charge >= 0.3 is 7.12 Å². The lowest BCUT2D eigenvalue weighted by molar-refractivity contribution is 0.00578. The highest BCUT2D eigenvalue weighted by Crippen LogP contribution is 2.36. The topological polar surface area (TPSA) is 24.9 Å². The molecular formula is C21H34BFN2O2. The second kappa shape index (κ2) is 7.82. The highest BCUT2D eigenvalue weighted by molar-refractivity contribution is 6.62. The van der Waals surface area contributed by atoms with E-state index < -0.39 is 18.3 Å². The third-order valence-corrected chi connectivity index (χ3v) is 6.47. The van der Waals surface area contributed by atoms with Gasteiger partial charge in [0.25, 0.3) is 0 Å². The molecule has 0 spiro atoms. The Morgan fingerprint density at radius 2 is 1.81 bits per heavy atom. The van der Waals surface area contributed by atoms with E-state index in [9.17, 15) is 4.39 Å². The van der Waals surface area contributed by atoms with Crippen molar-refractivity contribution in [3.05, 3.63) is 29.6 Å². The van der Waals surface area contributed by atoms with Crippen molar-refractivity contribution >= 4 is 12.6 Å². The number of halogens is 1. The van der Waals surface area contributed by atoms with Crippen LogP contribution in [0.1, 0.15) is 53.0 Å². The predicted molar refractivity (Wildman–Crippen MR) is 109 cm³/mol. The molecule has 1 aromatic carbocycles. The molecule has 3 rings (SSSR count). The fourth-order valence-electron chi connectivity index (χ4n) is 3.92. The first-order valence-electron chi connectivity index (χ1n) is 10.2. The lowest BCUT2D eigenvalue weighted by Gasteiger charge is -2.32. The molecule has 2 fully saturated rings. The molecule has 4 nitrogen and oxygen atoms in total. The van der Waals surface area contributed by atoms with E-state index in [1.54, 1.807) is 6.07 Å². The Morgan fingerprint density at radius 3 is 2.41 bits per heavy atom. The normalized spacial score (nSPS) is 26.3. The summed E-state index contributed by atoms with van der Waals surface area (Å²) in [7, 11) is 1.65. The van der Waals surface area contributed by atoms with Gasteiger partial charge in [0.1, 0.15) is 5.82 Å². The lowest BCUT2D eigenvalue weighted by atomic mass is 9.78. The van der Waals surface area contributed by atoms with E-state index in [4.69, 9.17) is 9.31 Å². The van der Waals surface area contributed by atoms with Gasteiger partial charge in [0, 0.05) is 31.2 Å². The van der Waals surface area contributed by atoms with Gasteiger partial charge in [0.2, 0.25) is 0 Å². The summed E-state index contributed by atoms with van der Waals surface area (Å²) in [5.41, 5.74) is 0.661. The number of benzene rings is 1. The Balaban J connectivity index is 1.74. The second-order valence-corrected chi connectivity index (χ2v) is 9.09. The number of nitrogens with zero attached hydrogens (tertiary/aromatic N) is 2. The van der Waals surface area contributed by atoms with Crippen molar-refractivity contribution in [2.45, 2.75) is 71.2 Å². The molecule has 2 aliphatic rings. The van der Waals surface area contributed by atoms with Crippen LogP contribution in [-0.2, 0) is 15.9 Å². The van der Waals surface area contributed by atoms with Crippen molar-refractivity contribution in [3.8, 4) is 0 Å². The van der Waals surface area contributed by atoms with Crippen molar-refractivity contribution < 1.29 is 13.7 Å². The van der Waals surface area contributed by atoms with Crippen LogP contribution in [-0.4, -0.2) is 60.8 Å². The van der Waals surface area contributed by atoms with E-state index in [1.807, 2.05) is 39.8 Å². The Morgan fingerprint density at radius 1 is 1.15 bits per heavy atom. The van der Waals surface area contributed by atoms with Crippen molar-refractivity contribution in [1.29, 1.82) is 0 Å². The predicted octanol–water partition coefficient (Wildman–Crippen LogP) is 3.04. The summed E-state index contributed by atoms with van der Waals surface area (Å²) in [5.74, 6) is -0.172. The van der Waals surface area contributed by atoms with Crippen molar-refractivity contribution in [2.75, 3.05) is 26.7 Å². The van der Waals surface area contributed by atoms with Crippen LogP contribution < -0.4 is 5.46 Å². The van der Waals surface area contributed by atoms with Crippen LogP contribution in [0.15, 0.2) is 18.2 Å². The van der Waals surface area contributed by atoms with E-state index in [0.29, 0.717) is 12.6 Å². The molecule has 27 heavy (non-hydrogen) atoms. The van der Waals surface area contributed by atoms with Crippen LogP contribution in [0.3, 0.4) is 0 Å². The highest BCUT2D eigenvalue weighted by atomic mass is 19.1. The van der Waals surface area contributed by atoms with Gasteiger partial charge in [-0.2, -0.15) is 0 Å². The molecule has 150 valence electrons. The molecule has 0 aromatic heterocycles. The van der Waals surface area contributed by atoms with Crippen molar-refractivity contribution in [1.82, 2.24) is 9.80 Å². The fraction of sp³-hybridized carbons (Fsp3) is 0.714. The summed E-state index contributed by atoms with van der Waals surface area (Å²) in [6.07, 6.45) is 2.21. The van der Waals surface area contributed by atoms with Crippen LogP contribution in [0, 0.1) is 5.82 Å². The van der Waals surface area contributed by atoms with Gasteiger partial charge in [-0.15, -0.1) is 0 Å². The molecule has 1 unspecified atom stereocenters. The summed E-state index contributed by atoms with van der Waals surface area (Å²) >= 11 is 0. The quantitative estimate of drug-likeness (QED) is 0.755. The zero-order chi connectivity index (χ0) is 19.8. The monoisotopic (exact) mass is 376 g/mol. The van der Waals surface area contributed by atoms with Crippen LogP contribution in [0.5, 0.6) is 0 Å². The molecule has 0 bridgehead atoms. The van der Waals surface area contributed by atoms with Gasteiger partial charge in [-0.25, -0.2) is 4.39 Å². The Labute approximate surface area is 164 Å². The minimum atomic E-state index is -0.520. The Hall–Kier alpha value is -0.945. The van der Waals surface area contributed by atoms with Crippen molar-refractivity contribution in [3.63, 3.8) is 0 Å². The molecule has 0 radical (unpaired) electrons. The molecule has 1 aromatic rings. The summed E-state index contributed by atoms with van der Waals surface area (Å²) in [6.45, 7) is 14.1. The number of hydrogen-bond acceptors (Lipinski definition) is 4. The van der Waals surface area contributed by atoms with Crippen molar-refractivity contribution in [2.24, 2.45) is 0 Å². The van der Waals surface area contributed by atoms with Gasteiger partial charge in [-0.05, 0) is 65.7 Å². The third-order valence-electron chi connectivity index (χ3n) is 6.47. The first-order chi connectivity index (χ1) is 12.6. The van der Waals surface area contributed by atoms with E-state index in [2.05, 4.69) is 23.8 Å². The SMILES string of the molecule is CCC1CN(C)CCCN1Cc1ccc(B2OC(C)(C)C(C)(C)O2)cc1F. The highest BCUT2D eigenvalue weighted by Gasteiger charge is 2.51. The molecule has 1 atom stereocenters. The maximum Gasteiger partial charge on any atom is 0.494 e. The van der Waals surface area contributed by atoms with Crippen LogP contribution in [0.25, 0.3) is 0 Å². The lowest BCUT2D eigenvalue weighted by Crippen LogP contribution is -2.41. The van der Waals surface area contributed by atoms with Crippen LogP contribution in [0.2, 0.25) is 0 Å². The minimum Gasteiger partial charge on any atom is -0.399 e. The maximum atomic E-state index is 14.9. The van der Waals surface area contributed by atoms with Gasteiger partial charge in [-0.3, -0.25) is 4.90 Å². The fourth-order valence-corrected chi connectivity index (χ4v) is 3.92. The smallest absolute Gasteiger partial charge is 0.399 e. The molecule has 0 aliphatic carbocycles. The van der Waals surface area contributed by atoms with Gasteiger partial charge in [0.15, 0.2) is 0 Å². The van der Waals surface area contributed by atoms with Gasteiger partial charge in [-0.1, -0.05) is 19.1 Å². The largest absolute Gasteiger partial charge is 0.494 e. The average molecular weight is 376 g/mol. The summed E-state index contributed by atoms with van der Waals surface area (Å²) < 4.78 is 27.0. The Bertz CT molecular complexity index is 652. The number of hydrogen-bond donors (Lipinski definition) is 0. The summed E-state index contributed by atoms with van der Waals surface area (Å²) in [6, 6.07) is 5.91. The van der Waals surface area contributed by atoms with Crippen LogP contribution in [0.4, 0.5) is 4.39 Å². The molecule has 0 N–H and O–H groups in total. The van der Waals surface area contributed by atoms with E-state index in [-0.39, 0.29) is 5.82 Å². The van der Waals surface area contributed by atoms with Gasteiger partial charge < -0.3 is 14.2 Å². The molecule has 0 amide bonds. The standard InChI is InChI=1S/C21H34BFN2O2/c1-7-18-15-24(6)11-8-12-25(18)14-16-9-10-17(13-19(16)23)22-26-20(2,3)21(4,5)27-22/h9-10,13,18H,7-8,11-12,14-15H2,1-6H3. The first kappa shape index (κ1) is 20.8. The maximum absolute atomic E-state index is 14.9. The minimum absolute atomic E-state index is 0.172. The van der Waals surface area contributed by atoms with E-state index in [0.717, 1.165) is 43.5 Å². The zero-order valence-electron chi connectivity index (χ0n) is 17.7. The third kappa shape index (κ3) is 4.39. The summed E-state index contributed by atoms with van der Waals surface area (Å²) in [4.78, 5) is 4.81. The molecule has 2 heterocycles. The number of likely N-dealkylation sites (N-methyl/N-ethyl adjacent to an activating group) is 1. The first-order valence-corrected chi connectivity index (χ1v) is 10.2. The molecule has 2 aliphatic heterocycles. The summed E-state index contributed by atoms with van der Waals surface area (Å²) in [5, 5.41) is 0. The second-order valence-electron chi connectivity index (χ2n) is 9.09. The molecular weight excluding hydrogens is 342 g/mol. The van der Waals surface area contributed by atoms with Crippen LogP contribution >= 0.6 is 0 Å². The Kier molecular flexibility index (Phi) is 6.02.